The maximum atomic E-state index is 12.7. The number of nitrogens with two attached hydrogens (primary N) is 1. The number of halogens is 3. The Morgan fingerprint density at radius 1 is 1.16 bits per heavy atom. The van der Waals surface area contributed by atoms with Gasteiger partial charge in [-0.2, -0.15) is 13.2 Å². The summed E-state index contributed by atoms with van der Waals surface area (Å²) in [6, 6.07) is 8.58. The molecule has 0 aliphatic carbocycles. The van der Waals surface area contributed by atoms with Crippen LogP contribution in [0.3, 0.4) is 0 Å². The van der Waals surface area contributed by atoms with Crippen molar-refractivity contribution in [2.45, 2.75) is 32.0 Å². The molecule has 0 unspecified atom stereocenters. The van der Waals surface area contributed by atoms with E-state index in [-0.39, 0.29) is 5.56 Å². The standard InChI is InChI=1S/C15H16F3N/c1-2-4-10-5-3-6-11-7-8-12(9-13(10)11)14(19)15(16,17)18/h3,5-9,14H,2,4,19H2,1H3/t14-/m0/s1. The summed E-state index contributed by atoms with van der Waals surface area (Å²) in [7, 11) is 0. The second kappa shape index (κ2) is 5.21. The summed E-state index contributed by atoms with van der Waals surface area (Å²) in [6.45, 7) is 2.05. The maximum Gasteiger partial charge on any atom is 0.407 e. The van der Waals surface area contributed by atoms with Crippen molar-refractivity contribution in [1.29, 1.82) is 0 Å². The number of alkyl halides is 3. The number of benzene rings is 2. The van der Waals surface area contributed by atoms with Crippen LogP contribution in [0, 0.1) is 0 Å². The van der Waals surface area contributed by atoms with E-state index in [1.54, 1.807) is 12.1 Å². The van der Waals surface area contributed by atoms with E-state index < -0.39 is 12.2 Å². The fourth-order valence-corrected chi connectivity index (χ4v) is 2.22. The Labute approximate surface area is 110 Å². The molecule has 2 rings (SSSR count). The Morgan fingerprint density at radius 3 is 2.53 bits per heavy atom. The Kier molecular flexibility index (Phi) is 3.80. The van der Waals surface area contributed by atoms with Crippen LogP contribution in [0.4, 0.5) is 13.2 Å². The summed E-state index contributed by atoms with van der Waals surface area (Å²) < 4.78 is 38.0. The van der Waals surface area contributed by atoms with Crippen molar-refractivity contribution in [2.24, 2.45) is 5.73 Å². The lowest BCUT2D eigenvalue weighted by Gasteiger charge is -2.17. The normalized spacial score (nSPS) is 13.7. The van der Waals surface area contributed by atoms with Crippen LogP contribution in [-0.4, -0.2) is 6.18 Å². The third-order valence-corrected chi connectivity index (χ3v) is 3.23. The summed E-state index contributed by atoms with van der Waals surface area (Å²) in [5.74, 6) is 0. The molecule has 2 aromatic rings. The molecule has 0 aliphatic rings. The topological polar surface area (TPSA) is 26.0 Å². The quantitative estimate of drug-likeness (QED) is 0.878. The van der Waals surface area contributed by atoms with Gasteiger partial charge in [0.1, 0.15) is 6.04 Å². The van der Waals surface area contributed by atoms with E-state index in [9.17, 15) is 13.2 Å². The van der Waals surface area contributed by atoms with Crippen molar-refractivity contribution in [2.75, 3.05) is 0 Å². The highest BCUT2D eigenvalue weighted by Gasteiger charge is 2.37. The summed E-state index contributed by atoms with van der Waals surface area (Å²) in [6.07, 6.45) is -2.61. The molecule has 0 bridgehead atoms. The summed E-state index contributed by atoms with van der Waals surface area (Å²) in [5, 5.41) is 1.81. The first-order valence-electron chi connectivity index (χ1n) is 6.27. The van der Waals surface area contributed by atoms with Crippen molar-refractivity contribution in [1.82, 2.24) is 0 Å². The number of fused-ring (bicyclic) bond motifs is 1. The van der Waals surface area contributed by atoms with Gasteiger partial charge in [-0.05, 0) is 34.4 Å². The molecule has 0 saturated carbocycles. The lowest BCUT2D eigenvalue weighted by molar-refractivity contribution is -0.149. The van der Waals surface area contributed by atoms with E-state index >= 15 is 0 Å². The molecule has 1 nitrogen and oxygen atoms in total. The number of hydrogen-bond donors (Lipinski definition) is 1. The van der Waals surface area contributed by atoms with E-state index in [0.29, 0.717) is 0 Å². The second-order valence-corrected chi connectivity index (χ2v) is 4.67. The summed E-state index contributed by atoms with van der Waals surface area (Å²) in [4.78, 5) is 0. The van der Waals surface area contributed by atoms with Gasteiger partial charge in [0.05, 0.1) is 0 Å². The zero-order valence-corrected chi connectivity index (χ0v) is 10.7. The van der Waals surface area contributed by atoms with Gasteiger partial charge in [-0.1, -0.05) is 43.7 Å². The lowest BCUT2D eigenvalue weighted by Crippen LogP contribution is -2.28. The largest absolute Gasteiger partial charge is 0.407 e. The zero-order valence-electron chi connectivity index (χ0n) is 10.7. The van der Waals surface area contributed by atoms with Crippen LogP contribution in [0.5, 0.6) is 0 Å². The van der Waals surface area contributed by atoms with Crippen molar-refractivity contribution >= 4 is 10.8 Å². The van der Waals surface area contributed by atoms with Crippen LogP contribution in [0.15, 0.2) is 36.4 Å². The van der Waals surface area contributed by atoms with Crippen LogP contribution in [-0.2, 0) is 6.42 Å². The number of aryl methyl sites for hydroxylation is 1. The van der Waals surface area contributed by atoms with Crippen LogP contribution < -0.4 is 5.73 Å². The predicted octanol–water partition coefficient (Wildman–Crippen LogP) is 4.35. The smallest absolute Gasteiger partial charge is 0.316 e. The molecule has 0 spiro atoms. The van der Waals surface area contributed by atoms with Gasteiger partial charge in [-0.3, -0.25) is 0 Å². The number of hydrogen-bond acceptors (Lipinski definition) is 1. The highest BCUT2D eigenvalue weighted by molar-refractivity contribution is 5.86. The molecule has 0 fully saturated rings. The average molecular weight is 267 g/mol. The van der Waals surface area contributed by atoms with E-state index in [0.717, 1.165) is 29.2 Å². The van der Waals surface area contributed by atoms with Gasteiger partial charge in [-0.15, -0.1) is 0 Å². The van der Waals surface area contributed by atoms with Gasteiger partial charge >= 0.3 is 6.18 Å². The lowest BCUT2D eigenvalue weighted by atomic mass is 9.97. The van der Waals surface area contributed by atoms with Crippen LogP contribution in [0.25, 0.3) is 10.8 Å². The number of rotatable bonds is 3. The molecule has 0 radical (unpaired) electrons. The van der Waals surface area contributed by atoms with Gasteiger partial charge in [0, 0.05) is 0 Å². The van der Waals surface area contributed by atoms with Crippen molar-refractivity contribution in [3.63, 3.8) is 0 Å². The van der Waals surface area contributed by atoms with Gasteiger partial charge in [0.2, 0.25) is 0 Å². The predicted molar refractivity (Wildman–Crippen MR) is 70.9 cm³/mol. The third-order valence-electron chi connectivity index (χ3n) is 3.23. The molecule has 0 amide bonds. The second-order valence-electron chi connectivity index (χ2n) is 4.67. The Balaban J connectivity index is 2.52. The van der Waals surface area contributed by atoms with Crippen LogP contribution >= 0.6 is 0 Å². The third kappa shape index (κ3) is 2.89. The van der Waals surface area contributed by atoms with Crippen molar-refractivity contribution < 1.29 is 13.2 Å². The summed E-state index contributed by atoms with van der Waals surface area (Å²) in [5.41, 5.74) is 6.44. The maximum absolute atomic E-state index is 12.7. The van der Waals surface area contributed by atoms with Gasteiger partial charge in [0.15, 0.2) is 0 Å². The average Bonchev–Trinajstić information content (AvgIpc) is 2.37. The molecular weight excluding hydrogens is 251 g/mol. The van der Waals surface area contributed by atoms with E-state index in [1.807, 2.05) is 25.1 Å². The monoisotopic (exact) mass is 267 g/mol. The van der Waals surface area contributed by atoms with Crippen molar-refractivity contribution in [3.05, 3.63) is 47.5 Å². The fourth-order valence-electron chi connectivity index (χ4n) is 2.22. The Bertz CT molecular complexity index is 575. The first kappa shape index (κ1) is 13.9. The molecule has 2 aromatic carbocycles. The Morgan fingerprint density at radius 2 is 1.89 bits per heavy atom. The molecule has 4 heteroatoms. The minimum absolute atomic E-state index is 0.114. The fraction of sp³-hybridized carbons (Fsp3) is 0.333. The summed E-state index contributed by atoms with van der Waals surface area (Å²) >= 11 is 0. The van der Waals surface area contributed by atoms with Gasteiger partial charge < -0.3 is 5.73 Å². The molecule has 102 valence electrons. The molecule has 2 N–H and O–H groups in total. The minimum atomic E-state index is -4.41. The first-order valence-corrected chi connectivity index (χ1v) is 6.27. The molecule has 19 heavy (non-hydrogen) atoms. The van der Waals surface area contributed by atoms with Gasteiger partial charge in [0.25, 0.3) is 0 Å². The minimum Gasteiger partial charge on any atom is -0.316 e. The Hall–Kier alpha value is -1.55. The van der Waals surface area contributed by atoms with E-state index in [4.69, 9.17) is 5.73 Å². The molecule has 0 heterocycles. The molecular formula is C15H16F3N. The highest BCUT2D eigenvalue weighted by atomic mass is 19.4. The molecule has 0 aromatic heterocycles. The SMILES string of the molecule is CCCc1cccc2ccc([C@H](N)C(F)(F)F)cc12. The van der Waals surface area contributed by atoms with E-state index in [2.05, 4.69) is 0 Å². The van der Waals surface area contributed by atoms with Gasteiger partial charge in [-0.25, -0.2) is 0 Å². The molecule has 1 atom stereocenters. The van der Waals surface area contributed by atoms with Crippen LogP contribution in [0.1, 0.15) is 30.5 Å². The zero-order chi connectivity index (χ0) is 14.0. The van der Waals surface area contributed by atoms with Crippen LogP contribution in [0.2, 0.25) is 0 Å². The first-order chi connectivity index (χ1) is 8.93. The van der Waals surface area contributed by atoms with Crippen molar-refractivity contribution in [3.8, 4) is 0 Å². The molecule has 0 saturated heterocycles. The van der Waals surface area contributed by atoms with E-state index in [1.165, 1.54) is 6.07 Å². The molecule has 0 aliphatic heterocycles. The highest BCUT2D eigenvalue weighted by Crippen LogP contribution is 2.32.